The van der Waals surface area contributed by atoms with E-state index in [1.807, 2.05) is 24.3 Å². The number of tetrazole rings is 1. The van der Waals surface area contributed by atoms with Gasteiger partial charge in [0.1, 0.15) is 4.64 Å². The van der Waals surface area contributed by atoms with Crippen LogP contribution in [0.4, 0.5) is 0 Å². The predicted octanol–water partition coefficient (Wildman–Crippen LogP) is 3.76. The van der Waals surface area contributed by atoms with Gasteiger partial charge >= 0.3 is 0 Å². The van der Waals surface area contributed by atoms with Crippen LogP contribution in [0.15, 0.2) is 54.7 Å². The molecule has 0 aliphatic rings. The van der Waals surface area contributed by atoms with Crippen LogP contribution < -0.4 is 0 Å². The lowest BCUT2D eigenvalue weighted by Gasteiger charge is -2.02. The van der Waals surface area contributed by atoms with Crippen LogP contribution in [0.1, 0.15) is 11.1 Å². The molecule has 2 aromatic carbocycles. The Balaban J connectivity index is 1.59. The highest BCUT2D eigenvalue weighted by Crippen LogP contribution is 2.20. The number of nitrogens with zero attached hydrogens (tertiary/aromatic N) is 6. The molecule has 0 unspecified atom stereocenters. The van der Waals surface area contributed by atoms with Gasteiger partial charge in [-0.15, -0.1) is 10.2 Å². The molecule has 0 atom stereocenters. The number of aromatic nitrogens is 6. The molecule has 0 bridgehead atoms. The van der Waals surface area contributed by atoms with Gasteiger partial charge in [0, 0.05) is 11.2 Å². The summed E-state index contributed by atoms with van der Waals surface area (Å²) in [5, 5.41) is 25.2. The average molecular weight is 394 g/mol. The maximum Gasteiger partial charge on any atom is 0.209 e. The molecule has 0 fully saturated rings. The Labute approximate surface area is 164 Å². The normalized spacial score (nSPS) is 10.7. The molecule has 4 aromatic rings. The van der Waals surface area contributed by atoms with E-state index in [9.17, 15) is 0 Å². The molecule has 0 radical (unpaired) electrons. The van der Waals surface area contributed by atoms with E-state index in [-0.39, 0.29) is 0 Å². The van der Waals surface area contributed by atoms with Crippen molar-refractivity contribution in [2.24, 2.45) is 0 Å². The summed E-state index contributed by atoms with van der Waals surface area (Å²) in [7, 11) is 0. The van der Waals surface area contributed by atoms with Gasteiger partial charge in [-0.3, -0.25) is 5.10 Å². The zero-order chi connectivity index (χ0) is 18.8. The summed E-state index contributed by atoms with van der Waals surface area (Å²) in [6.07, 6.45) is 1.75. The van der Waals surface area contributed by atoms with Crippen LogP contribution in [0, 0.1) is 16.0 Å². The van der Waals surface area contributed by atoms with Crippen molar-refractivity contribution in [1.82, 2.24) is 30.0 Å². The molecule has 0 saturated carbocycles. The van der Waals surface area contributed by atoms with Crippen LogP contribution in [0.3, 0.4) is 0 Å². The molecule has 27 heavy (non-hydrogen) atoms. The van der Waals surface area contributed by atoms with Gasteiger partial charge in [-0.05, 0) is 47.2 Å². The quantitative estimate of drug-likeness (QED) is 0.533. The minimum atomic E-state index is 0.442. The van der Waals surface area contributed by atoms with E-state index in [1.54, 1.807) is 35.1 Å². The average Bonchev–Trinajstić information content (AvgIpc) is 3.29. The molecule has 7 nitrogen and oxygen atoms in total. The third-order valence-corrected chi connectivity index (χ3v) is 4.61. The van der Waals surface area contributed by atoms with Crippen LogP contribution in [-0.4, -0.2) is 30.0 Å². The highest BCUT2D eigenvalue weighted by molar-refractivity contribution is 7.71. The summed E-state index contributed by atoms with van der Waals surface area (Å²) in [6, 6.07) is 16.7. The highest BCUT2D eigenvalue weighted by Gasteiger charge is 2.12. The first-order valence-corrected chi connectivity index (χ1v) is 8.76. The van der Waals surface area contributed by atoms with Gasteiger partial charge in [-0.2, -0.15) is 10.1 Å². The topological polar surface area (TPSA) is 88.1 Å². The third kappa shape index (κ3) is 3.51. The van der Waals surface area contributed by atoms with E-state index in [0.717, 1.165) is 11.3 Å². The lowest BCUT2D eigenvalue weighted by atomic mass is 10.1. The van der Waals surface area contributed by atoms with Crippen molar-refractivity contribution >= 4 is 23.8 Å². The second-order valence-electron chi connectivity index (χ2n) is 5.76. The first-order chi connectivity index (χ1) is 13.1. The second kappa shape index (κ2) is 7.15. The number of nitrogens with one attached hydrogen (secondary N) is 1. The fourth-order valence-electron chi connectivity index (χ4n) is 2.58. The molecule has 4 rings (SSSR count). The number of hydrogen-bond donors (Lipinski definition) is 1. The number of benzene rings is 2. The van der Waals surface area contributed by atoms with Crippen LogP contribution >= 0.6 is 23.8 Å². The van der Waals surface area contributed by atoms with Crippen molar-refractivity contribution in [2.45, 2.75) is 6.54 Å². The Hall–Kier alpha value is -3.28. The minimum absolute atomic E-state index is 0.442. The number of nitriles is 1. The van der Waals surface area contributed by atoms with Gasteiger partial charge < -0.3 is 0 Å². The van der Waals surface area contributed by atoms with Gasteiger partial charge in [0.2, 0.25) is 5.82 Å². The molecule has 0 aliphatic carbocycles. The van der Waals surface area contributed by atoms with Crippen molar-refractivity contribution in [3.8, 4) is 23.1 Å². The molecular formula is C18H12ClN7S. The third-order valence-electron chi connectivity index (χ3n) is 3.96. The number of rotatable bonds is 4. The standard InChI is InChI=1S/C18H12ClN7S/c19-14-5-7-15(8-6-14)26-18(27)16(10-21-26)17-22-24-25(23-17)11-13-3-1-12(9-20)2-4-13/h1-8,10,21H,11H2. The van der Waals surface area contributed by atoms with E-state index in [4.69, 9.17) is 29.1 Å². The largest absolute Gasteiger partial charge is 0.299 e. The lowest BCUT2D eigenvalue weighted by molar-refractivity contribution is 0.573. The zero-order valence-electron chi connectivity index (χ0n) is 13.9. The summed E-state index contributed by atoms with van der Waals surface area (Å²) >= 11 is 11.5. The SMILES string of the molecule is N#Cc1ccc(Cn2nnc(-c3c[nH]n(-c4ccc(Cl)cc4)c3=S)n2)cc1. The van der Waals surface area contributed by atoms with Crippen molar-refractivity contribution in [1.29, 1.82) is 5.26 Å². The Kier molecular flexibility index (Phi) is 4.54. The molecule has 1 N–H and O–H groups in total. The van der Waals surface area contributed by atoms with Crippen LogP contribution in [0.5, 0.6) is 0 Å². The Morgan fingerprint density at radius 2 is 1.85 bits per heavy atom. The van der Waals surface area contributed by atoms with Gasteiger partial charge in [-0.25, -0.2) is 4.68 Å². The molecule has 0 spiro atoms. The van der Waals surface area contributed by atoms with Crippen molar-refractivity contribution in [2.75, 3.05) is 0 Å². The lowest BCUT2D eigenvalue weighted by Crippen LogP contribution is -2.04. The molecule has 0 amide bonds. The maximum atomic E-state index is 8.86. The molecule has 2 aromatic heterocycles. The van der Waals surface area contributed by atoms with Gasteiger partial charge in [0.05, 0.1) is 29.4 Å². The summed E-state index contributed by atoms with van der Waals surface area (Å²) in [5.41, 5.74) is 3.13. The number of H-pyrrole nitrogens is 1. The Morgan fingerprint density at radius 1 is 1.11 bits per heavy atom. The van der Waals surface area contributed by atoms with Crippen LogP contribution in [0.25, 0.3) is 17.1 Å². The van der Waals surface area contributed by atoms with Crippen LogP contribution in [-0.2, 0) is 6.54 Å². The van der Waals surface area contributed by atoms with E-state index in [1.165, 1.54) is 4.80 Å². The zero-order valence-corrected chi connectivity index (χ0v) is 15.4. The Bertz CT molecular complexity index is 1180. The summed E-state index contributed by atoms with van der Waals surface area (Å²) in [5.74, 6) is 0.442. The first-order valence-electron chi connectivity index (χ1n) is 7.97. The predicted molar refractivity (Wildman–Crippen MR) is 103 cm³/mol. The minimum Gasteiger partial charge on any atom is -0.299 e. The Morgan fingerprint density at radius 3 is 2.56 bits per heavy atom. The van der Waals surface area contributed by atoms with Crippen molar-refractivity contribution in [3.05, 3.63) is 75.5 Å². The molecule has 2 heterocycles. The summed E-state index contributed by atoms with van der Waals surface area (Å²) in [4.78, 5) is 1.49. The van der Waals surface area contributed by atoms with E-state index < -0.39 is 0 Å². The molecule has 9 heteroatoms. The number of halogens is 1. The van der Waals surface area contributed by atoms with Crippen molar-refractivity contribution < 1.29 is 0 Å². The smallest absolute Gasteiger partial charge is 0.209 e. The van der Waals surface area contributed by atoms with Crippen LogP contribution in [0.2, 0.25) is 5.02 Å². The second-order valence-corrected chi connectivity index (χ2v) is 6.58. The van der Waals surface area contributed by atoms with Gasteiger partial charge in [0.15, 0.2) is 0 Å². The summed E-state index contributed by atoms with van der Waals surface area (Å²) < 4.78 is 2.30. The number of aromatic amines is 1. The van der Waals surface area contributed by atoms with Gasteiger partial charge in [-0.1, -0.05) is 36.0 Å². The van der Waals surface area contributed by atoms with E-state index in [2.05, 4.69) is 26.6 Å². The maximum absolute atomic E-state index is 8.86. The van der Waals surface area contributed by atoms with E-state index in [0.29, 0.717) is 33.2 Å². The molecule has 0 aliphatic heterocycles. The first kappa shape index (κ1) is 17.1. The number of hydrogen-bond acceptors (Lipinski definition) is 5. The fourth-order valence-corrected chi connectivity index (χ4v) is 3.01. The molecule has 132 valence electrons. The summed E-state index contributed by atoms with van der Waals surface area (Å²) in [6.45, 7) is 0.451. The fraction of sp³-hybridized carbons (Fsp3) is 0.0556. The molecule has 0 saturated heterocycles. The monoisotopic (exact) mass is 393 g/mol. The van der Waals surface area contributed by atoms with Gasteiger partial charge in [0.25, 0.3) is 0 Å². The van der Waals surface area contributed by atoms with Crippen molar-refractivity contribution in [3.63, 3.8) is 0 Å². The molecular weight excluding hydrogens is 382 g/mol. The van der Waals surface area contributed by atoms with E-state index >= 15 is 0 Å². The highest BCUT2D eigenvalue weighted by atomic mass is 35.5.